The fraction of sp³-hybridized carbons (Fsp3) is 0.385. The van der Waals surface area contributed by atoms with Crippen LogP contribution in [0.3, 0.4) is 0 Å². The average molecular weight is 402 g/mol. The summed E-state index contributed by atoms with van der Waals surface area (Å²) in [6.45, 7) is 2.97. The first kappa shape index (κ1) is 20.4. The zero-order valence-electron chi connectivity index (χ0n) is 18.0. The largest absolute Gasteiger partial charge is 0.394 e. The number of carbonyl (C=O) groups excluding carboxylic acids is 1. The molecular formula is C26H31N3O. The number of benzene rings is 2. The molecule has 0 atom stereocenters. The molecule has 0 unspecified atom stereocenters. The van der Waals surface area contributed by atoms with Gasteiger partial charge in [-0.15, -0.1) is 0 Å². The van der Waals surface area contributed by atoms with E-state index in [0.29, 0.717) is 11.8 Å². The number of amides is 1. The highest BCUT2D eigenvalue weighted by molar-refractivity contribution is 6.06. The molecule has 4 nitrogen and oxygen atoms in total. The van der Waals surface area contributed by atoms with Crippen LogP contribution in [0.15, 0.2) is 48.7 Å². The Morgan fingerprint density at radius 2 is 1.90 bits per heavy atom. The van der Waals surface area contributed by atoms with Gasteiger partial charge in [0, 0.05) is 25.2 Å². The highest BCUT2D eigenvalue weighted by Gasteiger charge is 2.34. The van der Waals surface area contributed by atoms with E-state index in [1.807, 2.05) is 19.2 Å². The Kier molecular flexibility index (Phi) is 6.03. The van der Waals surface area contributed by atoms with Crippen LogP contribution in [0.25, 0.3) is 0 Å². The number of rotatable bonds is 7. The molecule has 1 saturated carbocycles. The first-order valence-corrected chi connectivity index (χ1v) is 11.1. The van der Waals surface area contributed by atoms with Crippen molar-refractivity contribution in [2.45, 2.75) is 58.0 Å². The van der Waals surface area contributed by atoms with E-state index in [4.69, 9.17) is 5.41 Å². The number of hydrogen-bond acceptors (Lipinski definition) is 3. The molecule has 1 fully saturated rings. The lowest BCUT2D eigenvalue weighted by Crippen LogP contribution is -2.33. The molecular weight excluding hydrogens is 370 g/mol. The van der Waals surface area contributed by atoms with Gasteiger partial charge in [-0.05, 0) is 71.8 Å². The molecule has 1 amide bonds. The van der Waals surface area contributed by atoms with Crippen LogP contribution in [-0.2, 0) is 19.4 Å². The second-order valence-electron chi connectivity index (χ2n) is 8.41. The van der Waals surface area contributed by atoms with Crippen molar-refractivity contribution in [3.8, 4) is 0 Å². The SMILES string of the molecule is CCc1cc2c(cc1Cc1ccc(C(=N)/C=C\NC)cc1)C(=O)N(C1CCCC1)C2. The lowest BCUT2D eigenvalue weighted by atomic mass is 9.93. The monoisotopic (exact) mass is 401 g/mol. The first-order chi connectivity index (χ1) is 14.6. The summed E-state index contributed by atoms with van der Waals surface area (Å²) in [5.41, 5.74) is 7.28. The third kappa shape index (κ3) is 4.04. The van der Waals surface area contributed by atoms with Crippen LogP contribution < -0.4 is 5.32 Å². The number of fused-ring (bicyclic) bond motifs is 1. The Labute approximate surface area is 179 Å². The average Bonchev–Trinajstić information content (AvgIpc) is 3.40. The second-order valence-corrected chi connectivity index (χ2v) is 8.41. The van der Waals surface area contributed by atoms with E-state index >= 15 is 0 Å². The molecule has 0 spiro atoms. The molecule has 0 bridgehead atoms. The number of carbonyl (C=O) groups is 1. The Balaban J connectivity index is 1.55. The zero-order chi connectivity index (χ0) is 21.1. The van der Waals surface area contributed by atoms with Crippen molar-refractivity contribution in [1.29, 1.82) is 5.41 Å². The molecule has 1 aliphatic heterocycles. The minimum Gasteiger partial charge on any atom is -0.394 e. The van der Waals surface area contributed by atoms with Crippen molar-refractivity contribution in [2.24, 2.45) is 0 Å². The van der Waals surface area contributed by atoms with Crippen LogP contribution in [0.1, 0.15) is 70.8 Å². The van der Waals surface area contributed by atoms with E-state index in [9.17, 15) is 4.79 Å². The predicted octanol–water partition coefficient (Wildman–Crippen LogP) is 4.84. The molecule has 156 valence electrons. The fourth-order valence-corrected chi connectivity index (χ4v) is 4.77. The molecule has 2 aromatic rings. The summed E-state index contributed by atoms with van der Waals surface area (Å²) in [5.74, 6) is 0.223. The number of hydrogen-bond donors (Lipinski definition) is 2. The summed E-state index contributed by atoms with van der Waals surface area (Å²) in [5, 5.41) is 11.0. The van der Waals surface area contributed by atoms with Gasteiger partial charge in [0.2, 0.25) is 0 Å². The third-order valence-electron chi connectivity index (χ3n) is 6.48. The molecule has 0 aromatic heterocycles. The predicted molar refractivity (Wildman–Crippen MR) is 122 cm³/mol. The molecule has 4 heteroatoms. The molecule has 0 saturated heterocycles. The van der Waals surface area contributed by atoms with Gasteiger partial charge in [-0.1, -0.05) is 50.1 Å². The maximum atomic E-state index is 13.1. The maximum Gasteiger partial charge on any atom is 0.254 e. The van der Waals surface area contributed by atoms with Crippen LogP contribution >= 0.6 is 0 Å². The van der Waals surface area contributed by atoms with Crippen LogP contribution in [0.5, 0.6) is 0 Å². The lowest BCUT2D eigenvalue weighted by molar-refractivity contribution is 0.0707. The van der Waals surface area contributed by atoms with E-state index < -0.39 is 0 Å². The number of nitrogens with one attached hydrogen (secondary N) is 2. The van der Waals surface area contributed by atoms with Crippen molar-refractivity contribution >= 4 is 11.6 Å². The standard InChI is InChI=1S/C26H31N3O/c1-3-19-15-22-17-29(23-6-4-5-7-23)26(30)24(22)16-21(19)14-18-8-10-20(11-9-18)25(27)12-13-28-2/h8-13,15-16,23,27-28H,3-7,14,17H2,1-2H3/b13-12-,27-25?. The number of aryl methyl sites for hydroxylation is 1. The third-order valence-corrected chi connectivity index (χ3v) is 6.48. The zero-order valence-corrected chi connectivity index (χ0v) is 18.0. The lowest BCUT2D eigenvalue weighted by Gasteiger charge is -2.23. The Morgan fingerprint density at radius 1 is 1.17 bits per heavy atom. The maximum absolute atomic E-state index is 13.1. The van der Waals surface area contributed by atoms with Crippen molar-refractivity contribution in [3.05, 3.63) is 82.1 Å². The highest BCUT2D eigenvalue weighted by Crippen LogP contribution is 2.33. The molecule has 2 aromatic carbocycles. The molecule has 2 aliphatic rings. The minimum absolute atomic E-state index is 0.223. The van der Waals surface area contributed by atoms with Gasteiger partial charge >= 0.3 is 0 Å². The van der Waals surface area contributed by atoms with Gasteiger partial charge in [0.05, 0.1) is 5.71 Å². The van der Waals surface area contributed by atoms with E-state index in [0.717, 1.165) is 43.4 Å². The molecule has 1 heterocycles. The van der Waals surface area contributed by atoms with Crippen molar-refractivity contribution in [2.75, 3.05) is 7.05 Å². The van der Waals surface area contributed by atoms with Crippen molar-refractivity contribution in [3.63, 3.8) is 0 Å². The smallest absolute Gasteiger partial charge is 0.254 e. The van der Waals surface area contributed by atoms with Crippen LogP contribution in [0.4, 0.5) is 0 Å². The quantitative estimate of drug-likeness (QED) is 0.652. The summed E-state index contributed by atoms with van der Waals surface area (Å²) in [6, 6.07) is 13.0. The molecule has 2 N–H and O–H groups in total. The van der Waals surface area contributed by atoms with E-state index in [2.05, 4.69) is 41.4 Å². The summed E-state index contributed by atoms with van der Waals surface area (Å²) >= 11 is 0. The van der Waals surface area contributed by atoms with E-state index in [1.165, 1.54) is 35.1 Å². The summed E-state index contributed by atoms with van der Waals surface area (Å²) in [7, 11) is 1.83. The Bertz CT molecular complexity index is 969. The second kappa shape index (κ2) is 8.86. The molecule has 30 heavy (non-hydrogen) atoms. The molecule has 4 rings (SSSR count). The highest BCUT2D eigenvalue weighted by atomic mass is 16.2. The van der Waals surface area contributed by atoms with Gasteiger partial charge in [-0.2, -0.15) is 0 Å². The topological polar surface area (TPSA) is 56.2 Å². The van der Waals surface area contributed by atoms with E-state index in [-0.39, 0.29) is 5.91 Å². The van der Waals surface area contributed by atoms with Crippen molar-refractivity contribution in [1.82, 2.24) is 10.2 Å². The summed E-state index contributed by atoms with van der Waals surface area (Å²) in [4.78, 5) is 15.2. The van der Waals surface area contributed by atoms with Gasteiger partial charge < -0.3 is 15.6 Å². The molecule has 0 radical (unpaired) electrons. The minimum atomic E-state index is 0.223. The van der Waals surface area contributed by atoms with Crippen LogP contribution in [-0.4, -0.2) is 29.6 Å². The van der Waals surface area contributed by atoms with Gasteiger partial charge in [-0.25, -0.2) is 0 Å². The summed E-state index contributed by atoms with van der Waals surface area (Å²) < 4.78 is 0. The Morgan fingerprint density at radius 3 is 2.57 bits per heavy atom. The first-order valence-electron chi connectivity index (χ1n) is 11.1. The van der Waals surface area contributed by atoms with Gasteiger partial charge in [-0.3, -0.25) is 4.79 Å². The number of allylic oxidation sites excluding steroid dienone is 1. The van der Waals surface area contributed by atoms with Crippen LogP contribution in [0.2, 0.25) is 0 Å². The van der Waals surface area contributed by atoms with Crippen LogP contribution in [0, 0.1) is 5.41 Å². The normalized spacial score (nSPS) is 16.5. The Hall–Kier alpha value is -2.88. The molecule has 1 aliphatic carbocycles. The van der Waals surface area contributed by atoms with Gasteiger partial charge in [0.15, 0.2) is 0 Å². The summed E-state index contributed by atoms with van der Waals surface area (Å²) in [6.07, 6.45) is 10.1. The van der Waals surface area contributed by atoms with E-state index in [1.54, 1.807) is 12.3 Å². The van der Waals surface area contributed by atoms with Crippen molar-refractivity contribution < 1.29 is 4.79 Å². The van der Waals surface area contributed by atoms with Gasteiger partial charge in [0.1, 0.15) is 0 Å². The van der Waals surface area contributed by atoms with Gasteiger partial charge in [0.25, 0.3) is 5.91 Å². The fourth-order valence-electron chi connectivity index (χ4n) is 4.77. The number of nitrogens with zero attached hydrogens (tertiary/aromatic N) is 1.